The van der Waals surface area contributed by atoms with Crippen molar-refractivity contribution in [3.8, 4) is 0 Å². The fraction of sp³-hybridized carbons (Fsp3) is 0.765. The third kappa shape index (κ3) is 5.62. The third-order valence-electron chi connectivity index (χ3n) is 4.16. The Balaban J connectivity index is 1.70. The van der Waals surface area contributed by atoms with E-state index < -0.39 is 0 Å². The Morgan fingerprint density at radius 2 is 2.22 bits per heavy atom. The first-order valence-corrected chi connectivity index (χ1v) is 8.48. The van der Waals surface area contributed by atoms with Crippen molar-refractivity contribution >= 4 is 5.91 Å². The number of nitrogens with zero attached hydrogens (tertiary/aromatic N) is 2. The van der Waals surface area contributed by atoms with Crippen LogP contribution in [0.25, 0.3) is 0 Å². The summed E-state index contributed by atoms with van der Waals surface area (Å²) in [5.74, 6) is 1.50. The highest BCUT2D eigenvalue weighted by atomic mass is 16.5. The molecule has 0 aromatic carbocycles. The van der Waals surface area contributed by atoms with Gasteiger partial charge in [-0.15, -0.1) is 0 Å². The highest BCUT2D eigenvalue weighted by Crippen LogP contribution is 2.14. The molecule has 0 aliphatic carbocycles. The van der Waals surface area contributed by atoms with E-state index in [0.29, 0.717) is 25.3 Å². The molecule has 1 saturated heterocycles. The number of ether oxygens (including phenoxy) is 1. The van der Waals surface area contributed by atoms with E-state index in [1.807, 2.05) is 13.8 Å². The van der Waals surface area contributed by atoms with E-state index in [2.05, 4.69) is 29.2 Å². The van der Waals surface area contributed by atoms with Gasteiger partial charge >= 0.3 is 0 Å². The summed E-state index contributed by atoms with van der Waals surface area (Å²) in [5, 5.41) is 6.90. The molecule has 1 aromatic heterocycles. The van der Waals surface area contributed by atoms with E-state index in [0.717, 1.165) is 43.3 Å². The maximum Gasteiger partial charge on any atom is 0.220 e. The first kappa shape index (κ1) is 17.9. The van der Waals surface area contributed by atoms with Crippen molar-refractivity contribution in [2.75, 3.05) is 32.8 Å². The standard InChI is InChI=1S/C17H29N3O3/c1-12(2)10-20-7-8-22-15(11-20)9-18-17(21)6-5-16-13(3)19-23-14(16)4/h12,15H,5-11H2,1-4H3,(H,18,21)/t15-/m1/s1. The van der Waals surface area contributed by atoms with Crippen LogP contribution in [0.4, 0.5) is 0 Å². The molecular weight excluding hydrogens is 294 g/mol. The molecule has 1 aliphatic heterocycles. The van der Waals surface area contributed by atoms with Gasteiger partial charge in [-0.1, -0.05) is 19.0 Å². The van der Waals surface area contributed by atoms with Crippen LogP contribution in [0.15, 0.2) is 4.52 Å². The van der Waals surface area contributed by atoms with Gasteiger partial charge in [0.25, 0.3) is 0 Å². The molecule has 0 unspecified atom stereocenters. The van der Waals surface area contributed by atoms with Gasteiger partial charge in [0, 0.05) is 38.2 Å². The number of morpholine rings is 1. The Bertz CT molecular complexity index is 494. The molecule has 2 heterocycles. The van der Waals surface area contributed by atoms with Crippen molar-refractivity contribution in [2.45, 2.75) is 46.6 Å². The number of rotatable bonds is 7. The van der Waals surface area contributed by atoms with Crippen LogP contribution in [0.2, 0.25) is 0 Å². The minimum absolute atomic E-state index is 0.0505. The Morgan fingerprint density at radius 3 is 2.87 bits per heavy atom. The summed E-state index contributed by atoms with van der Waals surface area (Å²) in [6.45, 7) is 12.5. The predicted octanol–water partition coefficient (Wildman–Crippen LogP) is 1.70. The lowest BCUT2D eigenvalue weighted by atomic mass is 10.1. The Hall–Kier alpha value is -1.40. The van der Waals surface area contributed by atoms with Crippen molar-refractivity contribution in [3.63, 3.8) is 0 Å². The second-order valence-corrected chi connectivity index (χ2v) is 6.75. The first-order chi connectivity index (χ1) is 11.0. The number of nitrogens with one attached hydrogen (secondary N) is 1. The normalized spacial score (nSPS) is 19.3. The third-order valence-corrected chi connectivity index (χ3v) is 4.16. The molecule has 1 aromatic rings. The van der Waals surface area contributed by atoms with Crippen LogP contribution in [0.1, 0.15) is 37.3 Å². The van der Waals surface area contributed by atoms with Gasteiger partial charge in [0.15, 0.2) is 0 Å². The van der Waals surface area contributed by atoms with Crippen molar-refractivity contribution in [1.29, 1.82) is 0 Å². The summed E-state index contributed by atoms with van der Waals surface area (Å²) in [6.07, 6.45) is 1.20. The van der Waals surface area contributed by atoms with E-state index in [-0.39, 0.29) is 12.0 Å². The Labute approximate surface area is 138 Å². The SMILES string of the molecule is Cc1noc(C)c1CCC(=O)NC[C@@H]1CN(CC(C)C)CCO1. The fourth-order valence-electron chi connectivity index (χ4n) is 3.00. The van der Waals surface area contributed by atoms with Crippen molar-refractivity contribution < 1.29 is 14.1 Å². The summed E-state index contributed by atoms with van der Waals surface area (Å²) in [7, 11) is 0. The molecule has 6 nitrogen and oxygen atoms in total. The average Bonchev–Trinajstić information content (AvgIpc) is 2.81. The van der Waals surface area contributed by atoms with Gasteiger partial charge < -0.3 is 14.6 Å². The molecular formula is C17H29N3O3. The summed E-state index contributed by atoms with van der Waals surface area (Å²) < 4.78 is 10.9. The van der Waals surface area contributed by atoms with Crippen LogP contribution >= 0.6 is 0 Å². The molecule has 6 heteroatoms. The number of aryl methyl sites for hydroxylation is 2. The van der Waals surface area contributed by atoms with Crippen LogP contribution in [0.3, 0.4) is 0 Å². The quantitative estimate of drug-likeness (QED) is 0.827. The largest absolute Gasteiger partial charge is 0.374 e. The van der Waals surface area contributed by atoms with E-state index in [1.165, 1.54) is 0 Å². The second kappa shape index (κ2) is 8.45. The van der Waals surface area contributed by atoms with Crippen LogP contribution in [0.5, 0.6) is 0 Å². The number of carbonyl (C=O) groups excluding carboxylic acids is 1. The molecule has 1 N–H and O–H groups in total. The lowest BCUT2D eigenvalue weighted by molar-refractivity contribution is -0.122. The Morgan fingerprint density at radius 1 is 1.43 bits per heavy atom. The number of carbonyl (C=O) groups is 1. The lowest BCUT2D eigenvalue weighted by Crippen LogP contribution is -2.48. The van der Waals surface area contributed by atoms with Crippen LogP contribution < -0.4 is 5.32 Å². The van der Waals surface area contributed by atoms with E-state index in [9.17, 15) is 4.79 Å². The molecule has 0 bridgehead atoms. The van der Waals surface area contributed by atoms with Gasteiger partial charge in [-0.2, -0.15) is 0 Å². The molecule has 0 spiro atoms. The first-order valence-electron chi connectivity index (χ1n) is 8.48. The van der Waals surface area contributed by atoms with Gasteiger partial charge in [0.1, 0.15) is 5.76 Å². The summed E-state index contributed by atoms with van der Waals surface area (Å²) >= 11 is 0. The molecule has 2 rings (SSSR count). The molecule has 0 radical (unpaired) electrons. The topological polar surface area (TPSA) is 67.6 Å². The van der Waals surface area contributed by atoms with E-state index in [4.69, 9.17) is 9.26 Å². The van der Waals surface area contributed by atoms with Gasteiger partial charge in [0.2, 0.25) is 5.91 Å². The number of hydrogen-bond acceptors (Lipinski definition) is 5. The van der Waals surface area contributed by atoms with Gasteiger partial charge in [-0.3, -0.25) is 9.69 Å². The summed E-state index contributed by atoms with van der Waals surface area (Å²) in [5.41, 5.74) is 1.91. The van der Waals surface area contributed by atoms with E-state index in [1.54, 1.807) is 0 Å². The van der Waals surface area contributed by atoms with Crippen LogP contribution in [-0.4, -0.2) is 54.9 Å². The minimum Gasteiger partial charge on any atom is -0.374 e. The molecule has 23 heavy (non-hydrogen) atoms. The molecule has 1 fully saturated rings. The van der Waals surface area contributed by atoms with Gasteiger partial charge in [0.05, 0.1) is 18.4 Å². The molecule has 1 aliphatic rings. The minimum atomic E-state index is 0.0505. The number of aromatic nitrogens is 1. The van der Waals surface area contributed by atoms with Crippen LogP contribution in [-0.2, 0) is 16.0 Å². The van der Waals surface area contributed by atoms with E-state index >= 15 is 0 Å². The zero-order valence-electron chi connectivity index (χ0n) is 14.7. The smallest absolute Gasteiger partial charge is 0.220 e. The lowest BCUT2D eigenvalue weighted by Gasteiger charge is -2.33. The maximum atomic E-state index is 12.0. The Kier molecular flexibility index (Phi) is 6.59. The zero-order chi connectivity index (χ0) is 16.8. The summed E-state index contributed by atoms with van der Waals surface area (Å²) in [4.78, 5) is 14.4. The van der Waals surface area contributed by atoms with Crippen LogP contribution in [0, 0.1) is 19.8 Å². The highest BCUT2D eigenvalue weighted by Gasteiger charge is 2.21. The van der Waals surface area contributed by atoms with Gasteiger partial charge in [-0.05, 0) is 26.2 Å². The number of hydrogen-bond donors (Lipinski definition) is 1. The van der Waals surface area contributed by atoms with Gasteiger partial charge in [-0.25, -0.2) is 0 Å². The number of amides is 1. The maximum absolute atomic E-state index is 12.0. The molecule has 1 atom stereocenters. The molecule has 130 valence electrons. The van der Waals surface area contributed by atoms with Crippen molar-refractivity contribution in [2.24, 2.45) is 5.92 Å². The summed E-state index contributed by atoms with van der Waals surface area (Å²) in [6, 6.07) is 0. The average molecular weight is 323 g/mol. The fourth-order valence-corrected chi connectivity index (χ4v) is 3.00. The van der Waals surface area contributed by atoms with Crippen molar-refractivity contribution in [1.82, 2.24) is 15.4 Å². The van der Waals surface area contributed by atoms with Crippen molar-refractivity contribution in [3.05, 3.63) is 17.0 Å². The molecule has 1 amide bonds. The zero-order valence-corrected chi connectivity index (χ0v) is 14.7. The monoisotopic (exact) mass is 323 g/mol. The predicted molar refractivity (Wildman–Crippen MR) is 88.3 cm³/mol. The molecule has 0 saturated carbocycles. The highest BCUT2D eigenvalue weighted by molar-refractivity contribution is 5.76. The second-order valence-electron chi connectivity index (χ2n) is 6.75.